The summed E-state index contributed by atoms with van der Waals surface area (Å²) < 4.78 is 0. The first-order valence-electron chi connectivity index (χ1n) is 2.68. The molecule has 5 heteroatoms. The number of hydrogen-bond acceptors (Lipinski definition) is 0. The van der Waals surface area contributed by atoms with E-state index in [0.29, 0.717) is 0 Å². The van der Waals surface area contributed by atoms with Crippen molar-refractivity contribution >= 4 is 0 Å². The van der Waals surface area contributed by atoms with Crippen LogP contribution < -0.4 is 0 Å². The maximum atomic E-state index is 5.83. The zero-order valence-corrected chi connectivity index (χ0v) is 9.09. The van der Waals surface area contributed by atoms with Crippen LogP contribution in [0, 0.1) is 26.3 Å². The van der Waals surface area contributed by atoms with Crippen molar-refractivity contribution in [3.63, 3.8) is 0 Å². The number of rotatable bonds is 0. The van der Waals surface area contributed by atoms with Gasteiger partial charge in [0.05, 0.1) is 0 Å². The summed E-state index contributed by atoms with van der Waals surface area (Å²) in [7, 11) is 5.67. The van der Waals surface area contributed by atoms with Gasteiger partial charge in [-0.05, 0) is 0 Å². The van der Waals surface area contributed by atoms with Crippen molar-refractivity contribution in [2.24, 2.45) is 0 Å². The topological polar surface area (TPSA) is 17.4 Å². The molecule has 0 saturated heterocycles. The van der Waals surface area contributed by atoms with Crippen molar-refractivity contribution in [3.8, 4) is 0 Å². The molecule has 0 aromatic rings. The molecule has 74 valence electrons. The third-order valence-electron chi connectivity index (χ3n) is 0. The van der Waals surface area contributed by atoms with E-state index in [1.807, 2.05) is 0 Å². The molecule has 0 aliphatic heterocycles. The van der Waals surface area contributed by atoms with Crippen molar-refractivity contribution in [2.45, 2.75) is 0 Å². The first-order chi connectivity index (χ1) is 5.66. The predicted octanol–water partition coefficient (Wildman–Crippen LogP) is 2.14. The van der Waals surface area contributed by atoms with Crippen molar-refractivity contribution < 1.29 is 16.5 Å². The zero-order chi connectivity index (χ0) is 10.8. The molecule has 0 heterocycles. The van der Waals surface area contributed by atoms with Crippen LogP contribution in [0.15, 0.2) is 0 Å². The van der Waals surface area contributed by atoms with Gasteiger partial charge in [0.25, 0.3) is 0 Å². The van der Waals surface area contributed by atoms with Crippen LogP contribution in [0.5, 0.6) is 0 Å². The van der Waals surface area contributed by atoms with E-state index in [1.165, 1.54) is 28.2 Å². The molecule has 0 aliphatic carbocycles. The first kappa shape index (κ1) is 30.1. The molecular formula is C8H12N4Ni. The Morgan fingerprint density at radius 1 is 0.538 bits per heavy atom. The van der Waals surface area contributed by atoms with Gasteiger partial charge in [-0.1, -0.05) is 0 Å². The van der Waals surface area contributed by atoms with Gasteiger partial charge in [-0.2, -0.15) is 0 Å². The smallest absolute Gasteiger partial charge is 0.205 e. The molecule has 0 rings (SSSR count). The monoisotopic (exact) mass is 222 g/mol. The summed E-state index contributed by atoms with van der Waals surface area (Å²) in [6, 6.07) is 0. The third kappa shape index (κ3) is 312. The van der Waals surface area contributed by atoms with E-state index in [2.05, 4.69) is 19.4 Å². The van der Waals surface area contributed by atoms with Crippen LogP contribution in [0.25, 0.3) is 19.4 Å². The van der Waals surface area contributed by atoms with Crippen molar-refractivity contribution in [2.75, 3.05) is 28.2 Å². The first-order valence-corrected chi connectivity index (χ1v) is 2.68. The third-order valence-corrected chi connectivity index (χ3v) is 0. The minimum atomic E-state index is 0. The van der Waals surface area contributed by atoms with Crippen LogP contribution in [0.4, 0.5) is 0 Å². The normalized spacial score (nSPS) is 2.46. The predicted molar refractivity (Wildman–Crippen MR) is 50.1 cm³/mol. The summed E-state index contributed by atoms with van der Waals surface area (Å²) >= 11 is 0. The van der Waals surface area contributed by atoms with Gasteiger partial charge in [-0.25, -0.2) is 26.3 Å². The summed E-state index contributed by atoms with van der Waals surface area (Å²) in [4.78, 5) is 11.0. The molecular weight excluding hydrogens is 211 g/mol. The molecule has 0 N–H and O–H groups in total. The summed E-state index contributed by atoms with van der Waals surface area (Å²) in [5.74, 6) is 0. The molecule has 0 aliphatic rings. The van der Waals surface area contributed by atoms with E-state index >= 15 is 0 Å². The van der Waals surface area contributed by atoms with E-state index in [4.69, 9.17) is 26.3 Å². The standard InChI is InChI=1S/4C2H3N.Ni/c4*1-3-2;/h4*1H3;. The molecule has 0 spiro atoms. The van der Waals surface area contributed by atoms with Gasteiger partial charge in [0.1, 0.15) is 0 Å². The summed E-state index contributed by atoms with van der Waals surface area (Å²) in [6.45, 7) is 23.3. The fourth-order valence-corrected chi connectivity index (χ4v) is 0. The van der Waals surface area contributed by atoms with Crippen LogP contribution in [0.3, 0.4) is 0 Å². The van der Waals surface area contributed by atoms with E-state index in [9.17, 15) is 0 Å². The molecule has 0 aromatic heterocycles. The second-order valence-electron chi connectivity index (χ2n) is 0.894. The minimum Gasteiger partial charge on any atom is -0.320 e. The summed E-state index contributed by atoms with van der Waals surface area (Å²) in [6.07, 6.45) is 0. The largest absolute Gasteiger partial charge is 0.320 e. The van der Waals surface area contributed by atoms with Gasteiger partial charge >= 0.3 is 0 Å². The van der Waals surface area contributed by atoms with Crippen LogP contribution in [-0.4, -0.2) is 28.2 Å². The summed E-state index contributed by atoms with van der Waals surface area (Å²) in [5.41, 5.74) is 0. The number of hydrogen-bond donors (Lipinski definition) is 0. The zero-order valence-electron chi connectivity index (χ0n) is 8.11. The Morgan fingerprint density at radius 3 is 0.538 bits per heavy atom. The molecule has 0 saturated carbocycles. The van der Waals surface area contributed by atoms with Crippen molar-refractivity contribution in [1.29, 1.82) is 0 Å². The van der Waals surface area contributed by atoms with Gasteiger partial charge in [-0.15, -0.1) is 0 Å². The van der Waals surface area contributed by atoms with Crippen LogP contribution in [0.1, 0.15) is 0 Å². The fraction of sp³-hybridized carbons (Fsp3) is 0.500. The van der Waals surface area contributed by atoms with Gasteiger partial charge in [0.2, 0.25) is 28.2 Å². The maximum Gasteiger partial charge on any atom is 0.205 e. The average molecular weight is 223 g/mol. The molecule has 0 amide bonds. The van der Waals surface area contributed by atoms with Crippen LogP contribution >= 0.6 is 0 Å². The second kappa shape index (κ2) is 155. The van der Waals surface area contributed by atoms with E-state index in [-0.39, 0.29) is 16.5 Å². The molecule has 0 fully saturated rings. The molecule has 4 nitrogen and oxygen atoms in total. The number of nitrogens with zero attached hydrogens (tertiary/aromatic N) is 4. The average Bonchev–Trinajstić information content (AvgIpc) is 1.92. The maximum absolute atomic E-state index is 5.83. The fourth-order valence-electron chi connectivity index (χ4n) is 0. The molecule has 13 heavy (non-hydrogen) atoms. The summed E-state index contributed by atoms with van der Waals surface area (Å²) in [5, 5.41) is 0. The Bertz CT molecular complexity index is 150. The Hall–Kier alpha value is -1.55. The van der Waals surface area contributed by atoms with E-state index in [1.54, 1.807) is 0 Å². The molecule has 0 aromatic carbocycles. The van der Waals surface area contributed by atoms with Gasteiger partial charge in [0.15, 0.2) is 0 Å². The van der Waals surface area contributed by atoms with Crippen LogP contribution in [-0.2, 0) is 16.5 Å². The molecule has 0 radical (unpaired) electrons. The van der Waals surface area contributed by atoms with Gasteiger partial charge in [0, 0.05) is 16.5 Å². The van der Waals surface area contributed by atoms with E-state index in [0.717, 1.165) is 0 Å². The quantitative estimate of drug-likeness (QED) is 0.442. The minimum absolute atomic E-state index is 0. The SMILES string of the molecule is [C-]#[N+]C.[C-]#[N+]C.[C-]#[N+]C.[C-]#[N+]C.[Ni]. The van der Waals surface area contributed by atoms with Gasteiger partial charge in [-0.3, -0.25) is 0 Å². The van der Waals surface area contributed by atoms with Gasteiger partial charge < -0.3 is 19.4 Å². The van der Waals surface area contributed by atoms with Crippen molar-refractivity contribution in [3.05, 3.63) is 45.7 Å². The molecule has 0 unspecified atom stereocenters. The Labute approximate surface area is 90.8 Å². The molecule has 0 atom stereocenters. The van der Waals surface area contributed by atoms with Crippen molar-refractivity contribution in [1.82, 2.24) is 0 Å². The van der Waals surface area contributed by atoms with Crippen LogP contribution in [0.2, 0.25) is 0 Å². The Morgan fingerprint density at radius 2 is 0.538 bits per heavy atom. The Balaban J connectivity index is -0.0000000213. The molecule has 0 bridgehead atoms. The Kier molecular flexibility index (Phi) is 359. The second-order valence-corrected chi connectivity index (χ2v) is 0.894. The van der Waals surface area contributed by atoms with E-state index < -0.39 is 0 Å².